The molecule has 0 unspecified atom stereocenters. The number of anilines is 1. The molecule has 118 valence electrons. The van der Waals surface area contributed by atoms with Crippen LogP contribution < -0.4 is 5.32 Å². The largest absolute Gasteiger partial charge is 0.385 e. The van der Waals surface area contributed by atoms with Crippen molar-refractivity contribution in [2.75, 3.05) is 11.9 Å². The van der Waals surface area contributed by atoms with Gasteiger partial charge < -0.3 is 10.3 Å². The van der Waals surface area contributed by atoms with Gasteiger partial charge >= 0.3 is 0 Å². The Morgan fingerprint density at radius 3 is 2.83 bits per heavy atom. The van der Waals surface area contributed by atoms with E-state index in [2.05, 4.69) is 15.3 Å². The quantitative estimate of drug-likeness (QED) is 0.412. The molecule has 6 heteroatoms. The Morgan fingerprint density at radius 1 is 1.26 bits per heavy atom. The van der Waals surface area contributed by atoms with Gasteiger partial charge in [0.15, 0.2) is 0 Å². The van der Waals surface area contributed by atoms with Crippen molar-refractivity contribution in [2.45, 2.75) is 19.8 Å². The van der Waals surface area contributed by atoms with Crippen LogP contribution >= 0.6 is 0 Å². The van der Waals surface area contributed by atoms with Crippen LogP contribution in [-0.4, -0.2) is 21.4 Å². The summed E-state index contributed by atoms with van der Waals surface area (Å²) in [5.74, 6) is 0.980. The first kappa shape index (κ1) is 15.0. The fourth-order valence-corrected chi connectivity index (χ4v) is 2.56. The van der Waals surface area contributed by atoms with E-state index in [1.165, 1.54) is 6.07 Å². The van der Waals surface area contributed by atoms with Crippen molar-refractivity contribution < 1.29 is 4.92 Å². The van der Waals surface area contributed by atoms with Gasteiger partial charge in [0.2, 0.25) is 0 Å². The van der Waals surface area contributed by atoms with Gasteiger partial charge in [-0.2, -0.15) is 0 Å². The van der Waals surface area contributed by atoms with E-state index in [4.69, 9.17) is 0 Å². The third-order valence-electron chi connectivity index (χ3n) is 3.77. The summed E-state index contributed by atoms with van der Waals surface area (Å²) >= 11 is 0. The number of nitro groups is 1. The monoisotopic (exact) mass is 310 g/mol. The van der Waals surface area contributed by atoms with Crippen molar-refractivity contribution in [3.05, 3.63) is 64.0 Å². The topological polar surface area (TPSA) is 83.8 Å². The number of hydrogen-bond acceptors (Lipinski definition) is 4. The van der Waals surface area contributed by atoms with E-state index < -0.39 is 0 Å². The molecule has 1 aromatic heterocycles. The summed E-state index contributed by atoms with van der Waals surface area (Å²) in [7, 11) is 0. The first-order chi connectivity index (χ1) is 11.1. The lowest BCUT2D eigenvalue weighted by atomic mass is 10.1. The van der Waals surface area contributed by atoms with E-state index in [0.29, 0.717) is 0 Å². The number of fused-ring (bicyclic) bond motifs is 1. The van der Waals surface area contributed by atoms with Crippen LogP contribution in [0.25, 0.3) is 11.0 Å². The Balaban J connectivity index is 1.54. The maximum atomic E-state index is 10.7. The molecule has 0 aliphatic heterocycles. The molecule has 0 saturated carbocycles. The Bertz CT molecular complexity index is 808. The minimum Gasteiger partial charge on any atom is -0.385 e. The lowest BCUT2D eigenvalue weighted by Crippen LogP contribution is -2.05. The molecule has 0 aliphatic rings. The minimum atomic E-state index is -0.377. The number of imidazole rings is 1. The van der Waals surface area contributed by atoms with Gasteiger partial charge in [-0.05, 0) is 37.1 Å². The zero-order valence-electron chi connectivity index (χ0n) is 12.9. The SMILES string of the molecule is Cc1cc([N+](=O)[O-])ccc1NCCCc1nc2ccccc2[nH]1. The molecule has 0 atom stereocenters. The standard InChI is InChI=1S/C17H18N4O2/c1-12-11-13(21(22)23)8-9-14(12)18-10-4-7-17-19-15-5-2-3-6-16(15)20-17/h2-3,5-6,8-9,11,18H,4,7,10H2,1H3,(H,19,20). The maximum Gasteiger partial charge on any atom is 0.269 e. The smallest absolute Gasteiger partial charge is 0.269 e. The summed E-state index contributed by atoms with van der Waals surface area (Å²) < 4.78 is 0. The number of aryl methyl sites for hydroxylation is 2. The van der Waals surface area contributed by atoms with E-state index in [9.17, 15) is 10.1 Å². The summed E-state index contributed by atoms with van der Waals surface area (Å²) in [6, 6.07) is 12.8. The van der Waals surface area contributed by atoms with Crippen molar-refractivity contribution >= 4 is 22.4 Å². The van der Waals surface area contributed by atoms with Crippen LogP contribution in [0.1, 0.15) is 17.8 Å². The number of hydrogen-bond donors (Lipinski definition) is 2. The Morgan fingerprint density at radius 2 is 2.09 bits per heavy atom. The van der Waals surface area contributed by atoms with Gasteiger partial charge in [-0.25, -0.2) is 4.98 Å². The summed E-state index contributed by atoms with van der Waals surface area (Å²) in [5, 5.41) is 14.0. The zero-order chi connectivity index (χ0) is 16.2. The molecular weight excluding hydrogens is 292 g/mol. The van der Waals surface area contributed by atoms with E-state index in [-0.39, 0.29) is 10.6 Å². The number of nitrogens with zero attached hydrogens (tertiary/aromatic N) is 2. The molecule has 2 N–H and O–H groups in total. The predicted molar refractivity (Wildman–Crippen MR) is 90.7 cm³/mol. The zero-order valence-corrected chi connectivity index (χ0v) is 12.9. The molecule has 23 heavy (non-hydrogen) atoms. The van der Waals surface area contributed by atoms with E-state index in [1.54, 1.807) is 12.1 Å². The summed E-state index contributed by atoms with van der Waals surface area (Å²) in [5.41, 5.74) is 3.97. The number of rotatable bonds is 6. The van der Waals surface area contributed by atoms with Crippen molar-refractivity contribution in [1.29, 1.82) is 0 Å². The van der Waals surface area contributed by atoms with Gasteiger partial charge in [-0.15, -0.1) is 0 Å². The number of non-ortho nitro benzene ring substituents is 1. The van der Waals surface area contributed by atoms with Gasteiger partial charge in [0.05, 0.1) is 16.0 Å². The molecule has 1 heterocycles. The third-order valence-corrected chi connectivity index (χ3v) is 3.77. The summed E-state index contributed by atoms with van der Waals surface area (Å²) in [4.78, 5) is 18.2. The number of aromatic nitrogens is 2. The minimum absolute atomic E-state index is 0.121. The lowest BCUT2D eigenvalue weighted by Gasteiger charge is -2.08. The summed E-state index contributed by atoms with van der Waals surface area (Å²) in [6.07, 6.45) is 1.78. The fraction of sp³-hybridized carbons (Fsp3) is 0.235. The number of H-pyrrole nitrogens is 1. The molecule has 3 rings (SSSR count). The normalized spacial score (nSPS) is 10.8. The highest BCUT2D eigenvalue weighted by atomic mass is 16.6. The van der Waals surface area contributed by atoms with Crippen LogP contribution in [0.15, 0.2) is 42.5 Å². The number of nitro benzene ring substituents is 1. The number of nitrogens with one attached hydrogen (secondary N) is 2. The summed E-state index contributed by atoms with van der Waals surface area (Å²) in [6.45, 7) is 2.66. The van der Waals surface area contributed by atoms with E-state index in [0.717, 1.165) is 47.5 Å². The van der Waals surface area contributed by atoms with Gasteiger partial charge in [0.1, 0.15) is 5.82 Å². The number of aromatic amines is 1. The maximum absolute atomic E-state index is 10.7. The van der Waals surface area contributed by atoms with Crippen molar-refractivity contribution in [1.82, 2.24) is 9.97 Å². The molecule has 2 aromatic carbocycles. The molecule has 0 spiro atoms. The highest BCUT2D eigenvalue weighted by Gasteiger charge is 2.07. The van der Waals surface area contributed by atoms with Crippen LogP contribution in [0, 0.1) is 17.0 Å². The fourth-order valence-electron chi connectivity index (χ4n) is 2.56. The molecular formula is C17H18N4O2. The average Bonchev–Trinajstić information content (AvgIpc) is 2.95. The van der Waals surface area contributed by atoms with E-state index in [1.807, 2.05) is 31.2 Å². The first-order valence-electron chi connectivity index (χ1n) is 7.56. The Kier molecular flexibility index (Phi) is 4.23. The second-order valence-corrected chi connectivity index (χ2v) is 5.49. The molecule has 3 aromatic rings. The Labute approximate surface area is 133 Å². The van der Waals surface area contributed by atoms with Crippen LogP contribution in [0.2, 0.25) is 0 Å². The van der Waals surface area contributed by atoms with Crippen molar-refractivity contribution in [3.8, 4) is 0 Å². The number of para-hydroxylation sites is 2. The molecule has 0 aliphatic carbocycles. The van der Waals surface area contributed by atoms with Crippen molar-refractivity contribution in [3.63, 3.8) is 0 Å². The highest BCUT2D eigenvalue weighted by Crippen LogP contribution is 2.21. The van der Waals surface area contributed by atoms with Crippen LogP contribution in [0.4, 0.5) is 11.4 Å². The average molecular weight is 310 g/mol. The van der Waals surface area contributed by atoms with Gasteiger partial charge in [-0.1, -0.05) is 12.1 Å². The third kappa shape index (κ3) is 3.48. The van der Waals surface area contributed by atoms with Crippen LogP contribution in [0.5, 0.6) is 0 Å². The molecule has 0 bridgehead atoms. The first-order valence-corrected chi connectivity index (χ1v) is 7.56. The Hall–Kier alpha value is -2.89. The van der Waals surface area contributed by atoms with Gasteiger partial charge in [-0.3, -0.25) is 10.1 Å². The van der Waals surface area contributed by atoms with Gasteiger partial charge in [0, 0.05) is 30.8 Å². The van der Waals surface area contributed by atoms with Crippen LogP contribution in [-0.2, 0) is 6.42 Å². The molecule has 6 nitrogen and oxygen atoms in total. The molecule has 0 fully saturated rings. The molecule has 0 radical (unpaired) electrons. The molecule has 0 amide bonds. The lowest BCUT2D eigenvalue weighted by molar-refractivity contribution is -0.384. The second-order valence-electron chi connectivity index (χ2n) is 5.49. The van der Waals surface area contributed by atoms with Crippen molar-refractivity contribution in [2.24, 2.45) is 0 Å². The second kappa shape index (κ2) is 6.48. The van der Waals surface area contributed by atoms with Gasteiger partial charge in [0.25, 0.3) is 5.69 Å². The predicted octanol–water partition coefficient (Wildman–Crippen LogP) is 3.82. The van der Waals surface area contributed by atoms with E-state index >= 15 is 0 Å². The highest BCUT2D eigenvalue weighted by molar-refractivity contribution is 5.74. The number of benzene rings is 2. The molecule has 0 saturated heterocycles. The van der Waals surface area contributed by atoms with Crippen LogP contribution in [0.3, 0.4) is 0 Å².